The second kappa shape index (κ2) is 5.15. The van der Waals surface area contributed by atoms with Crippen LogP contribution in [0.1, 0.15) is 27.2 Å². The lowest BCUT2D eigenvalue weighted by Gasteiger charge is -2.30. The van der Waals surface area contributed by atoms with Gasteiger partial charge in [0, 0.05) is 25.7 Å². The van der Waals surface area contributed by atoms with Crippen molar-refractivity contribution in [2.75, 3.05) is 33.7 Å². The molecule has 1 saturated heterocycles. The predicted molar refractivity (Wildman–Crippen MR) is 66.4 cm³/mol. The highest BCUT2D eigenvalue weighted by molar-refractivity contribution is 5.85. The van der Waals surface area contributed by atoms with E-state index < -0.39 is 5.54 Å². The van der Waals surface area contributed by atoms with E-state index >= 15 is 0 Å². The zero-order chi connectivity index (χ0) is 12.3. The summed E-state index contributed by atoms with van der Waals surface area (Å²) in [6.45, 7) is 8.70. The van der Waals surface area contributed by atoms with Crippen LogP contribution >= 0.6 is 0 Å². The Morgan fingerprint density at radius 2 is 2.12 bits per heavy atom. The number of hydrogen-bond donors (Lipinski definition) is 1. The molecule has 0 spiro atoms. The zero-order valence-electron chi connectivity index (χ0n) is 11.2. The van der Waals surface area contributed by atoms with E-state index in [1.807, 2.05) is 32.8 Å². The molecule has 1 heterocycles. The molecular weight excluding hydrogens is 202 g/mol. The van der Waals surface area contributed by atoms with E-state index in [2.05, 4.69) is 17.1 Å². The third-order valence-electron chi connectivity index (χ3n) is 3.08. The third-order valence-corrected chi connectivity index (χ3v) is 3.08. The van der Waals surface area contributed by atoms with Gasteiger partial charge in [0.2, 0.25) is 5.91 Å². The first-order valence-electron chi connectivity index (χ1n) is 6.05. The Morgan fingerprint density at radius 1 is 1.50 bits per heavy atom. The van der Waals surface area contributed by atoms with Gasteiger partial charge >= 0.3 is 0 Å². The number of carbonyl (C=O) groups excluding carboxylic acids is 1. The first-order chi connectivity index (χ1) is 7.33. The van der Waals surface area contributed by atoms with Gasteiger partial charge in [-0.1, -0.05) is 0 Å². The van der Waals surface area contributed by atoms with Crippen LogP contribution in [0.15, 0.2) is 0 Å². The monoisotopic (exact) mass is 227 g/mol. The Labute approximate surface area is 99.0 Å². The summed E-state index contributed by atoms with van der Waals surface area (Å²) >= 11 is 0. The summed E-state index contributed by atoms with van der Waals surface area (Å²) < 4.78 is 0. The van der Waals surface area contributed by atoms with E-state index in [4.69, 9.17) is 0 Å². The summed E-state index contributed by atoms with van der Waals surface area (Å²) in [7, 11) is 4.07. The van der Waals surface area contributed by atoms with Crippen LogP contribution in [0.5, 0.6) is 0 Å². The van der Waals surface area contributed by atoms with Crippen LogP contribution in [0.2, 0.25) is 0 Å². The summed E-state index contributed by atoms with van der Waals surface area (Å²) in [5, 5.41) is 3.38. The lowest BCUT2D eigenvalue weighted by Crippen LogP contribution is -2.54. The Hall–Kier alpha value is -0.610. The fourth-order valence-electron chi connectivity index (χ4n) is 2.13. The smallest absolute Gasteiger partial charge is 0.242 e. The summed E-state index contributed by atoms with van der Waals surface area (Å²) in [4.78, 5) is 16.4. The van der Waals surface area contributed by atoms with Gasteiger partial charge in [0.05, 0.1) is 5.54 Å². The maximum Gasteiger partial charge on any atom is 0.242 e. The first-order valence-corrected chi connectivity index (χ1v) is 6.05. The van der Waals surface area contributed by atoms with Gasteiger partial charge in [0.1, 0.15) is 0 Å². The minimum absolute atomic E-state index is 0.221. The van der Waals surface area contributed by atoms with Gasteiger partial charge in [-0.25, -0.2) is 0 Å². The SMILES string of the molecule is CC1CCN(CCN(C)C)C(=O)C(C)(C)N1. The minimum atomic E-state index is -0.428. The molecule has 4 heteroatoms. The number of carbonyl (C=O) groups is 1. The molecule has 0 aromatic heterocycles. The molecule has 1 unspecified atom stereocenters. The van der Waals surface area contributed by atoms with Gasteiger partial charge in [-0.15, -0.1) is 0 Å². The number of rotatable bonds is 3. The molecular formula is C12H25N3O. The van der Waals surface area contributed by atoms with Gasteiger partial charge < -0.3 is 15.1 Å². The Morgan fingerprint density at radius 3 is 2.69 bits per heavy atom. The van der Waals surface area contributed by atoms with Crippen LogP contribution in [0, 0.1) is 0 Å². The molecule has 0 aromatic rings. The number of amides is 1. The lowest BCUT2D eigenvalue weighted by molar-refractivity contribution is -0.136. The molecule has 1 amide bonds. The van der Waals surface area contributed by atoms with Crippen molar-refractivity contribution >= 4 is 5.91 Å². The van der Waals surface area contributed by atoms with Crippen molar-refractivity contribution < 1.29 is 4.79 Å². The molecule has 0 radical (unpaired) electrons. The van der Waals surface area contributed by atoms with Crippen molar-refractivity contribution in [2.45, 2.75) is 38.8 Å². The lowest BCUT2D eigenvalue weighted by atomic mass is 10.0. The molecule has 16 heavy (non-hydrogen) atoms. The van der Waals surface area contributed by atoms with E-state index in [0.29, 0.717) is 6.04 Å². The van der Waals surface area contributed by atoms with Gasteiger partial charge in [-0.3, -0.25) is 4.79 Å². The van der Waals surface area contributed by atoms with E-state index in [0.717, 1.165) is 26.1 Å². The van der Waals surface area contributed by atoms with Gasteiger partial charge in [-0.2, -0.15) is 0 Å². The highest BCUT2D eigenvalue weighted by Gasteiger charge is 2.35. The summed E-state index contributed by atoms with van der Waals surface area (Å²) in [5.74, 6) is 0.221. The highest BCUT2D eigenvalue weighted by atomic mass is 16.2. The number of nitrogens with zero attached hydrogens (tertiary/aromatic N) is 2. The molecule has 0 aromatic carbocycles. The second-order valence-electron chi connectivity index (χ2n) is 5.55. The molecule has 1 fully saturated rings. The largest absolute Gasteiger partial charge is 0.340 e. The van der Waals surface area contributed by atoms with Crippen LogP contribution in [0.25, 0.3) is 0 Å². The second-order valence-corrected chi connectivity index (χ2v) is 5.55. The van der Waals surface area contributed by atoms with Crippen molar-refractivity contribution in [1.29, 1.82) is 0 Å². The summed E-state index contributed by atoms with van der Waals surface area (Å²) in [6.07, 6.45) is 1.03. The van der Waals surface area contributed by atoms with Crippen molar-refractivity contribution in [3.05, 3.63) is 0 Å². The predicted octanol–water partition coefficient (Wildman–Crippen LogP) is 0.537. The quantitative estimate of drug-likeness (QED) is 0.764. The molecule has 0 aliphatic carbocycles. The molecule has 1 aliphatic heterocycles. The fourth-order valence-corrected chi connectivity index (χ4v) is 2.13. The van der Waals surface area contributed by atoms with Crippen molar-refractivity contribution in [1.82, 2.24) is 15.1 Å². The third kappa shape index (κ3) is 3.46. The van der Waals surface area contributed by atoms with Gasteiger partial charge in [0.25, 0.3) is 0 Å². The first kappa shape index (κ1) is 13.5. The summed E-state index contributed by atoms with van der Waals surface area (Å²) in [6, 6.07) is 0.406. The maximum atomic E-state index is 12.3. The number of likely N-dealkylation sites (N-methyl/N-ethyl adjacent to an activating group) is 1. The minimum Gasteiger partial charge on any atom is -0.340 e. The standard InChI is InChI=1S/C12H25N3O/c1-10-6-7-15(9-8-14(4)5)11(16)12(2,3)13-10/h10,13H,6-9H2,1-5H3. The van der Waals surface area contributed by atoms with Crippen molar-refractivity contribution in [3.8, 4) is 0 Å². The molecule has 1 aliphatic rings. The van der Waals surface area contributed by atoms with E-state index in [-0.39, 0.29) is 5.91 Å². The van der Waals surface area contributed by atoms with Crippen LogP contribution in [-0.2, 0) is 4.79 Å². The van der Waals surface area contributed by atoms with Crippen LogP contribution < -0.4 is 5.32 Å². The molecule has 1 atom stereocenters. The number of hydrogen-bond acceptors (Lipinski definition) is 3. The van der Waals surface area contributed by atoms with Gasteiger partial charge in [-0.05, 0) is 41.3 Å². The Balaban J connectivity index is 2.66. The normalized spacial score (nSPS) is 26.0. The van der Waals surface area contributed by atoms with Crippen LogP contribution in [-0.4, -0.2) is 61.0 Å². The average Bonchev–Trinajstić information content (AvgIpc) is 2.23. The molecule has 1 N–H and O–H groups in total. The topological polar surface area (TPSA) is 35.6 Å². The fraction of sp³-hybridized carbons (Fsp3) is 0.917. The van der Waals surface area contributed by atoms with Crippen LogP contribution in [0.4, 0.5) is 0 Å². The summed E-state index contributed by atoms with van der Waals surface area (Å²) in [5.41, 5.74) is -0.428. The molecule has 0 bridgehead atoms. The van der Waals surface area contributed by atoms with Crippen molar-refractivity contribution in [2.24, 2.45) is 0 Å². The van der Waals surface area contributed by atoms with Crippen LogP contribution in [0.3, 0.4) is 0 Å². The van der Waals surface area contributed by atoms with E-state index in [1.54, 1.807) is 0 Å². The number of nitrogens with one attached hydrogen (secondary N) is 1. The molecule has 1 rings (SSSR count). The van der Waals surface area contributed by atoms with Crippen molar-refractivity contribution in [3.63, 3.8) is 0 Å². The molecule has 94 valence electrons. The Bertz CT molecular complexity index is 251. The van der Waals surface area contributed by atoms with Gasteiger partial charge in [0.15, 0.2) is 0 Å². The molecule has 4 nitrogen and oxygen atoms in total. The molecule has 0 saturated carbocycles. The maximum absolute atomic E-state index is 12.3. The van der Waals surface area contributed by atoms with E-state index in [1.165, 1.54) is 0 Å². The van der Waals surface area contributed by atoms with E-state index in [9.17, 15) is 4.79 Å². The Kier molecular flexibility index (Phi) is 4.33. The zero-order valence-corrected chi connectivity index (χ0v) is 11.2. The highest BCUT2D eigenvalue weighted by Crippen LogP contribution is 2.15. The average molecular weight is 227 g/mol.